The molecule has 0 bridgehead atoms. The number of methoxy groups -OCH3 is 1. The molecule has 1 heterocycles. The first-order chi connectivity index (χ1) is 18.4. The van der Waals surface area contributed by atoms with E-state index >= 15 is 0 Å². The number of rotatable bonds is 11. The molecular weight excluding hydrogens is 504 g/mol. The van der Waals surface area contributed by atoms with Gasteiger partial charge in [-0.1, -0.05) is 54.6 Å². The first-order valence-corrected chi connectivity index (χ1v) is 14.2. The van der Waals surface area contributed by atoms with Crippen LogP contribution in [0.1, 0.15) is 18.4 Å². The van der Waals surface area contributed by atoms with E-state index in [0.29, 0.717) is 45.0 Å². The second-order valence-corrected chi connectivity index (χ2v) is 11.7. The number of ether oxygens (including phenoxy) is 2. The molecule has 3 aromatic rings. The number of sulfone groups is 1. The summed E-state index contributed by atoms with van der Waals surface area (Å²) in [7, 11) is -2.47. The Balaban J connectivity index is 1.40. The van der Waals surface area contributed by atoms with Gasteiger partial charge in [0.15, 0.2) is 14.6 Å². The highest BCUT2D eigenvalue weighted by Gasteiger charge is 2.52. The first kappa shape index (κ1) is 27.8. The van der Waals surface area contributed by atoms with Crippen LogP contribution in [-0.2, 0) is 25.8 Å². The van der Waals surface area contributed by atoms with E-state index in [2.05, 4.69) is 35.2 Å². The van der Waals surface area contributed by atoms with Crippen molar-refractivity contribution in [3.8, 4) is 16.9 Å². The Morgan fingerprint density at radius 2 is 1.63 bits per heavy atom. The van der Waals surface area contributed by atoms with Crippen molar-refractivity contribution in [1.82, 2.24) is 10.4 Å². The van der Waals surface area contributed by atoms with Gasteiger partial charge in [0.2, 0.25) is 0 Å². The van der Waals surface area contributed by atoms with Gasteiger partial charge in [0, 0.05) is 33.2 Å². The number of benzene rings is 3. The Bertz CT molecular complexity index is 1300. The molecule has 202 valence electrons. The minimum atomic E-state index is -4.08. The van der Waals surface area contributed by atoms with E-state index in [1.165, 1.54) is 12.1 Å². The van der Waals surface area contributed by atoms with E-state index in [4.69, 9.17) is 9.47 Å². The third-order valence-electron chi connectivity index (χ3n) is 7.13. The van der Waals surface area contributed by atoms with Crippen molar-refractivity contribution in [2.24, 2.45) is 0 Å². The summed E-state index contributed by atoms with van der Waals surface area (Å²) in [5, 5.41) is 9.37. The zero-order valence-corrected chi connectivity index (χ0v) is 22.3. The summed E-state index contributed by atoms with van der Waals surface area (Å²) in [6.07, 6.45) is 0.845. The van der Waals surface area contributed by atoms with E-state index in [9.17, 15) is 18.4 Å². The van der Waals surface area contributed by atoms with Crippen molar-refractivity contribution in [2.75, 3.05) is 40.0 Å². The molecule has 0 unspecified atom stereocenters. The number of piperidine rings is 1. The fraction of sp³-hybridized carbons (Fsp3) is 0.345. The highest BCUT2D eigenvalue weighted by atomic mass is 32.2. The van der Waals surface area contributed by atoms with Crippen LogP contribution in [0.5, 0.6) is 5.75 Å². The maximum Gasteiger partial charge on any atom is 0.265 e. The zero-order valence-electron chi connectivity index (χ0n) is 21.5. The predicted octanol–water partition coefficient (Wildman–Crippen LogP) is 3.74. The lowest BCUT2D eigenvalue weighted by Gasteiger charge is -2.39. The number of likely N-dealkylation sites (tertiary alicyclic amines) is 1. The summed E-state index contributed by atoms with van der Waals surface area (Å²) in [6.45, 7) is 2.41. The van der Waals surface area contributed by atoms with E-state index in [0.717, 1.165) is 16.7 Å². The topological polar surface area (TPSA) is 105 Å². The van der Waals surface area contributed by atoms with Crippen molar-refractivity contribution in [3.05, 3.63) is 84.4 Å². The van der Waals surface area contributed by atoms with Crippen LogP contribution in [0.25, 0.3) is 11.1 Å². The monoisotopic (exact) mass is 538 g/mol. The number of nitrogens with one attached hydrogen (secondary N) is 1. The molecule has 9 heteroatoms. The van der Waals surface area contributed by atoms with Gasteiger partial charge >= 0.3 is 0 Å². The average Bonchev–Trinajstić information content (AvgIpc) is 2.96. The minimum Gasteiger partial charge on any atom is -0.493 e. The number of carbonyl (C=O) groups is 1. The summed E-state index contributed by atoms with van der Waals surface area (Å²) in [5.41, 5.74) is 5.03. The normalized spacial score (nSPS) is 15.6. The molecule has 4 rings (SSSR count). The van der Waals surface area contributed by atoms with Crippen molar-refractivity contribution >= 4 is 15.7 Å². The van der Waals surface area contributed by atoms with Gasteiger partial charge in [-0.3, -0.25) is 10.0 Å². The highest BCUT2D eigenvalue weighted by molar-refractivity contribution is 7.93. The van der Waals surface area contributed by atoms with Gasteiger partial charge in [0.05, 0.1) is 18.1 Å². The second-order valence-electron chi connectivity index (χ2n) is 9.41. The van der Waals surface area contributed by atoms with Gasteiger partial charge in [0.25, 0.3) is 5.91 Å². The Morgan fingerprint density at radius 3 is 2.29 bits per heavy atom. The molecule has 1 amide bonds. The molecule has 2 N–H and O–H groups in total. The number of nitrogens with zero attached hydrogens (tertiary/aromatic N) is 1. The standard InChI is InChI=1S/C29H34N2O6S/c1-36-21-19-31-17-15-29(16-18-31,28(32)30-33)38(34,35)27-12-10-26(11-13-27)37-20-14-23-6-5-9-25(22-23)24-7-3-2-4-8-24/h2-13,22,33H,14-21H2,1H3,(H,30,32). The van der Waals surface area contributed by atoms with Crippen LogP contribution in [0.15, 0.2) is 83.8 Å². The van der Waals surface area contributed by atoms with Crippen LogP contribution >= 0.6 is 0 Å². The fourth-order valence-electron chi connectivity index (χ4n) is 4.84. The summed E-state index contributed by atoms with van der Waals surface area (Å²) < 4.78 is 36.5. The van der Waals surface area contributed by atoms with Crippen LogP contribution in [-0.4, -0.2) is 69.1 Å². The van der Waals surface area contributed by atoms with Crippen LogP contribution in [0.3, 0.4) is 0 Å². The molecule has 1 aliphatic heterocycles. The third-order valence-corrected chi connectivity index (χ3v) is 9.65. The number of hydroxylamine groups is 1. The van der Waals surface area contributed by atoms with Crippen molar-refractivity contribution < 1.29 is 27.9 Å². The van der Waals surface area contributed by atoms with E-state index in [-0.39, 0.29) is 17.7 Å². The van der Waals surface area contributed by atoms with Crippen LogP contribution in [0.4, 0.5) is 0 Å². The van der Waals surface area contributed by atoms with E-state index in [1.807, 2.05) is 24.3 Å². The largest absolute Gasteiger partial charge is 0.493 e. The number of carbonyl (C=O) groups excluding carboxylic acids is 1. The number of hydrogen-bond donors (Lipinski definition) is 2. The number of hydrogen-bond acceptors (Lipinski definition) is 7. The zero-order chi connectivity index (χ0) is 27.0. The Labute approximate surface area is 224 Å². The van der Waals surface area contributed by atoms with E-state index in [1.54, 1.807) is 24.7 Å². The molecule has 0 saturated carbocycles. The molecule has 38 heavy (non-hydrogen) atoms. The smallest absolute Gasteiger partial charge is 0.265 e. The SMILES string of the molecule is COCCN1CCC(C(=O)NO)(S(=O)(=O)c2ccc(OCCc3cccc(-c4ccccc4)c3)cc2)CC1. The summed E-state index contributed by atoms with van der Waals surface area (Å²) in [4.78, 5) is 14.8. The van der Waals surface area contributed by atoms with Crippen molar-refractivity contribution in [3.63, 3.8) is 0 Å². The molecule has 1 aliphatic rings. The summed E-state index contributed by atoms with van der Waals surface area (Å²) >= 11 is 0. The van der Waals surface area contributed by atoms with Gasteiger partial charge in [0.1, 0.15) is 5.75 Å². The molecule has 1 saturated heterocycles. The molecular formula is C29H34N2O6S. The summed E-state index contributed by atoms with van der Waals surface area (Å²) in [5.74, 6) is -0.361. The van der Waals surface area contributed by atoms with Gasteiger partial charge in [-0.15, -0.1) is 0 Å². The van der Waals surface area contributed by atoms with Crippen LogP contribution in [0.2, 0.25) is 0 Å². The fourth-order valence-corrected chi connectivity index (χ4v) is 6.80. The molecule has 0 spiro atoms. The Hall–Kier alpha value is -3.24. The minimum absolute atomic E-state index is 0.0225. The highest BCUT2D eigenvalue weighted by Crippen LogP contribution is 2.36. The maximum atomic E-state index is 13.6. The quantitative estimate of drug-likeness (QED) is 0.283. The predicted molar refractivity (Wildman–Crippen MR) is 145 cm³/mol. The van der Waals surface area contributed by atoms with Crippen molar-refractivity contribution in [2.45, 2.75) is 28.9 Å². The molecule has 1 fully saturated rings. The van der Waals surface area contributed by atoms with Crippen molar-refractivity contribution in [1.29, 1.82) is 0 Å². The molecule has 0 atom stereocenters. The van der Waals surface area contributed by atoms with Crippen LogP contribution < -0.4 is 10.2 Å². The van der Waals surface area contributed by atoms with Crippen LogP contribution in [0, 0.1) is 0 Å². The van der Waals surface area contributed by atoms with Gasteiger partial charge in [-0.2, -0.15) is 0 Å². The number of amides is 1. The van der Waals surface area contributed by atoms with E-state index < -0.39 is 20.5 Å². The molecule has 8 nitrogen and oxygen atoms in total. The molecule has 3 aromatic carbocycles. The molecule has 0 aromatic heterocycles. The lowest BCUT2D eigenvalue weighted by Crippen LogP contribution is -2.57. The Kier molecular flexibility index (Phi) is 9.17. The Morgan fingerprint density at radius 1 is 0.947 bits per heavy atom. The van der Waals surface area contributed by atoms with Gasteiger partial charge < -0.3 is 14.4 Å². The van der Waals surface area contributed by atoms with Gasteiger partial charge in [-0.05, 0) is 53.8 Å². The first-order valence-electron chi connectivity index (χ1n) is 12.7. The lowest BCUT2D eigenvalue weighted by molar-refractivity contribution is -0.133. The second kappa shape index (κ2) is 12.5. The summed E-state index contributed by atoms with van der Waals surface area (Å²) in [6, 6.07) is 24.6. The molecule has 0 aliphatic carbocycles. The third kappa shape index (κ3) is 6.07. The lowest BCUT2D eigenvalue weighted by atomic mass is 9.95. The molecule has 0 radical (unpaired) electrons. The average molecular weight is 539 g/mol. The van der Waals surface area contributed by atoms with Gasteiger partial charge in [-0.25, -0.2) is 13.9 Å². The maximum absolute atomic E-state index is 13.6.